The molecule has 1 unspecified atom stereocenters. The molecular formula is C16H27N3O. The summed E-state index contributed by atoms with van der Waals surface area (Å²) in [5.41, 5.74) is 1.29. The molecule has 1 aliphatic heterocycles. The zero-order chi connectivity index (χ0) is 14.4. The van der Waals surface area contributed by atoms with E-state index in [4.69, 9.17) is 4.74 Å². The quantitative estimate of drug-likeness (QED) is 0.866. The number of nitrogens with zero attached hydrogens (tertiary/aromatic N) is 2. The van der Waals surface area contributed by atoms with Crippen LogP contribution in [0.1, 0.15) is 32.8 Å². The summed E-state index contributed by atoms with van der Waals surface area (Å²) in [5, 5.41) is 3.52. The molecule has 1 aromatic rings. The molecule has 1 aliphatic rings. The van der Waals surface area contributed by atoms with E-state index in [9.17, 15) is 0 Å². The molecule has 0 saturated carbocycles. The first-order chi connectivity index (χ1) is 9.72. The van der Waals surface area contributed by atoms with Gasteiger partial charge in [-0.05, 0) is 24.9 Å². The lowest BCUT2D eigenvalue weighted by Gasteiger charge is -2.37. The van der Waals surface area contributed by atoms with Gasteiger partial charge in [0.05, 0.1) is 19.3 Å². The van der Waals surface area contributed by atoms with Crippen LogP contribution in [-0.2, 0) is 11.3 Å². The highest BCUT2D eigenvalue weighted by molar-refractivity contribution is 5.48. The molecule has 1 atom stereocenters. The molecule has 0 bridgehead atoms. The Morgan fingerprint density at radius 3 is 3.10 bits per heavy atom. The zero-order valence-corrected chi connectivity index (χ0v) is 12.9. The molecule has 4 nitrogen and oxygen atoms in total. The molecule has 0 aromatic carbocycles. The van der Waals surface area contributed by atoms with Crippen molar-refractivity contribution in [3.8, 4) is 0 Å². The van der Waals surface area contributed by atoms with Crippen LogP contribution in [0.5, 0.6) is 0 Å². The van der Waals surface area contributed by atoms with Crippen molar-refractivity contribution in [2.75, 3.05) is 31.2 Å². The average molecular weight is 277 g/mol. The summed E-state index contributed by atoms with van der Waals surface area (Å²) in [4.78, 5) is 7.04. The van der Waals surface area contributed by atoms with E-state index in [1.807, 2.05) is 12.3 Å². The molecule has 1 aromatic heterocycles. The fourth-order valence-electron chi connectivity index (χ4n) is 2.59. The van der Waals surface area contributed by atoms with Gasteiger partial charge in [-0.25, -0.2) is 4.98 Å². The van der Waals surface area contributed by atoms with Crippen molar-refractivity contribution >= 4 is 5.82 Å². The predicted octanol–water partition coefficient (Wildman–Crippen LogP) is 2.44. The van der Waals surface area contributed by atoms with Crippen LogP contribution in [0.2, 0.25) is 0 Å². The van der Waals surface area contributed by atoms with Gasteiger partial charge in [-0.2, -0.15) is 0 Å². The lowest BCUT2D eigenvalue weighted by atomic mass is 10.1. The highest BCUT2D eigenvalue weighted by Gasteiger charge is 2.24. The summed E-state index contributed by atoms with van der Waals surface area (Å²) in [6.07, 6.45) is 2.99. The largest absolute Gasteiger partial charge is 0.377 e. The number of ether oxygens (including phenoxy) is 1. The SMILES string of the molecule is CCC1COCCN1c1ncccc1CNCC(C)C. The van der Waals surface area contributed by atoms with Crippen LogP contribution in [0.25, 0.3) is 0 Å². The lowest BCUT2D eigenvalue weighted by molar-refractivity contribution is 0.0924. The molecule has 0 amide bonds. The van der Waals surface area contributed by atoms with E-state index in [1.165, 1.54) is 5.56 Å². The molecule has 1 N–H and O–H groups in total. The van der Waals surface area contributed by atoms with Crippen molar-refractivity contribution in [1.29, 1.82) is 0 Å². The van der Waals surface area contributed by atoms with Crippen molar-refractivity contribution in [1.82, 2.24) is 10.3 Å². The zero-order valence-electron chi connectivity index (χ0n) is 12.9. The Balaban J connectivity index is 2.09. The second-order valence-electron chi connectivity index (χ2n) is 5.84. The van der Waals surface area contributed by atoms with E-state index in [0.29, 0.717) is 12.0 Å². The molecule has 2 heterocycles. The molecular weight excluding hydrogens is 250 g/mol. The molecule has 4 heteroatoms. The van der Waals surface area contributed by atoms with E-state index < -0.39 is 0 Å². The van der Waals surface area contributed by atoms with E-state index >= 15 is 0 Å². The number of hydrogen-bond donors (Lipinski definition) is 1. The predicted molar refractivity (Wildman–Crippen MR) is 83.0 cm³/mol. The van der Waals surface area contributed by atoms with Gasteiger partial charge in [-0.15, -0.1) is 0 Å². The van der Waals surface area contributed by atoms with E-state index in [0.717, 1.165) is 45.1 Å². The minimum Gasteiger partial charge on any atom is -0.377 e. The van der Waals surface area contributed by atoms with Crippen LogP contribution in [0.4, 0.5) is 5.82 Å². The summed E-state index contributed by atoms with van der Waals surface area (Å²) in [7, 11) is 0. The van der Waals surface area contributed by atoms with Crippen LogP contribution in [0.15, 0.2) is 18.3 Å². The summed E-state index contributed by atoms with van der Waals surface area (Å²) in [6, 6.07) is 4.65. The van der Waals surface area contributed by atoms with E-state index in [2.05, 4.69) is 42.0 Å². The number of nitrogens with one attached hydrogen (secondary N) is 1. The summed E-state index contributed by atoms with van der Waals surface area (Å²) in [5.74, 6) is 1.79. The third-order valence-electron chi connectivity index (χ3n) is 3.71. The van der Waals surface area contributed by atoms with Gasteiger partial charge in [0.25, 0.3) is 0 Å². The molecule has 0 radical (unpaired) electrons. The number of aromatic nitrogens is 1. The Bertz CT molecular complexity index is 408. The normalized spacial score (nSPS) is 19.6. The number of morpholine rings is 1. The van der Waals surface area contributed by atoms with Gasteiger partial charge in [0, 0.05) is 24.8 Å². The number of pyridine rings is 1. The molecule has 0 aliphatic carbocycles. The first-order valence-corrected chi connectivity index (χ1v) is 7.71. The maximum absolute atomic E-state index is 5.59. The molecule has 2 rings (SSSR count). The minimum atomic E-state index is 0.447. The van der Waals surface area contributed by atoms with Crippen LogP contribution in [-0.4, -0.2) is 37.3 Å². The maximum Gasteiger partial charge on any atom is 0.133 e. The van der Waals surface area contributed by atoms with Gasteiger partial charge in [0.2, 0.25) is 0 Å². The Labute approximate surface area is 122 Å². The average Bonchev–Trinajstić information content (AvgIpc) is 2.47. The Morgan fingerprint density at radius 1 is 1.50 bits per heavy atom. The number of rotatable bonds is 6. The standard InChI is InChI=1S/C16H27N3O/c1-4-15-12-20-9-8-19(15)16-14(6-5-7-18-16)11-17-10-13(2)3/h5-7,13,15,17H,4,8-12H2,1-3H3. The second-order valence-corrected chi connectivity index (χ2v) is 5.84. The van der Waals surface area contributed by atoms with Crippen molar-refractivity contribution < 1.29 is 4.74 Å². The van der Waals surface area contributed by atoms with Crippen LogP contribution in [0, 0.1) is 5.92 Å². The maximum atomic E-state index is 5.59. The summed E-state index contributed by atoms with van der Waals surface area (Å²) >= 11 is 0. The van der Waals surface area contributed by atoms with Gasteiger partial charge in [0.1, 0.15) is 5.82 Å². The first kappa shape index (κ1) is 15.3. The van der Waals surface area contributed by atoms with Crippen LogP contribution in [0.3, 0.4) is 0 Å². The van der Waals surface area contributed by atoms with E-state index in [-0.39, 0.29) is 0 Å². The number of anilines is 1. The van der Waals surface area contributed by atoms with Gasteiger partial charge in [-0.3, -0.25) is 0 Å². The molecule has 20 heavy (non-hydrogen) atoms. The second kappa shape index (κ2) is 7.60. The van der Waals surface area contributed by atoms with Crippen LogP contribution < -0.4 is 10.2 Å². The molecule has 0 spiro atoms. The fourth-order valence-corrected chi connectivity index (χ4v) is 2.59. The van der Waals surface area contributed by atoms with Crippen molar-refractivity contribution in [2.24, 2.45) is 5.92 Å². The summed E-state index contributed by atoms with van der Waals surface area (Å²) < 4.78 is 5.59. The van der Waals surface area contributed by atoms with Crippen molar-refractivity contribution in [3.63, 3.8) is 0 Å². The minimum absolute atomic E-state index is 0.447. The fraction of sp³-hybridized carbons (Fsp3) is 0.688. The molecule has 112 valence electrons. The first-order valence-electron chi connectivity index (χ1n) is 7.71. The third-order valence-corrected chi connectivity index (χ3v) is 3.71. The highest BCUT2D eigenvalue weighted by atomic mass is 16.5. The summed E-state index contributed by atoms with van der Waals surface area (Å²) in [6.45, 7) is 11.1. The van der Waals surface area contributed by atoms with Gasteiger partial charge < -0.3 is 15.0 Å². The van der Waals surface area contributed by atoms with Crippen LogP contribution >= 0.6 is 0 Å². The Morgan fingerprint density at radius 2 is 2.35 bits per heavy atom. The Hall–Kier alpha value is -1.13. The lowest BCUT2D eigenvalue weighted by Crippen LogP contribution is -2.46. The molecule has 1 fully saturated rings. The molecule has 1 saturated heterocycles. The van der Waals surface area contributed by atoms with Crippen molar-refractivity contribution in [2.45, 2.75) is 39.8 Å². The number of hydrogen-bond acceptors (Lipinski definition) is 4. The van der Waals surface area contributed by atoms with Gasteiger partial charge in [-0.1, -0.05) is 26.8 Å². The topological polar surface area (TPSA) is 37.4 Å². The smallest absolute Gasteiger partial charge is 0.133 e. The van der Waals surface area contributed by atoms with Crippen molar-refractivity contribution in [3.05, 3.63) is 23.9 Å². The Kier molecular flexibility index (Phi) is 5.80. The van der Waals surface area contributed by atoms with Gasteiger partial charge >= 0.3 is 0 Å². The third kappa shape index (κ3) is 3.93. The van der Waals surface area contributed by atoms with E-state index in [1.54, 1.807) is 0 Å². The monoisotopic (exact) mass is 277 g/mol. The highest BCUT2D eigenvalue weighted by Crippen LogP contribution is 2.23. The van der Waals surface area contributed by atoms with Gasteiger partial charge in [0.15, 0.2) is 0 Å².